The number of rotatable bonds is 6. The van der Waals surface area contributed by atoms with E-state index >= 15 is 0 Å². The van der Waals surface area contributed by atoms with Crippen molar-refractivity contribution in [2.24, 2.45) is 0 Å². The lowest BCUT2D eigenvalue weighted by atomic mass is 10.1. The molecule has 0 spiro atoms. The number of thiazole rings is 1. The highest BCUT2D eigenvalue weighted by atomic mass is 79.9. The van der Waals surface area contributed by atoms with Crippen LogP contribution in [0, 0.1) is 6.92 Å². The molecule has 0 amide bonds. The molecule has 2 rings (SSSR count). The van der Waals surface area contributed by atoms with Crippen LogP contribution in [0.5, 0.6) is 0 Å². The molecule has 0 aliphatic heterocycles. The third kappa shape index (κ3) is 4.88. The fourth-order valence-electron chi connectivity index (χ4n) is 1.98. The number of Topliss-reactive ketones (excluding diaryl/α,β-unsaturated/α-hetero) is 1. The smallest absolute Gasteiger partial charge is 0.165 e. The van der Waals surface area contributed by atoms with Crippen molar-refractivity contribution in [3.05, 3.63) is 49.3 Å². The lowest BCUT2D eigenvalue weighted by molar-refractivity contribution is 0.0968. The Hall–Kier alpha value is -0.750. The minimum Gasteiger partial charge on any atom is -0.300 e. The molecule has 0 radical (unpaired) electrons. The zero-order chi connectivity index (χ0) is 15.4. The molecule has 21 heavy (non-hydrogen) atoms. The fourth-order valence-corrected chi connectivity index (χ4v) is 3.36. The van der Waals surface area contributed by atoms with E-state index in [1.54, 1.807) is 23.5 Å². The molecule has 0 aliphatic carbocycles. The van der Waals surface area contributed by atoms with Gasteiger partial charge in [-0.1, -0.05) is 27.5 Å². The van der Waals surface area contributed by atoms with Crippen LogP contribution < -0.4 is 0 Å². The summed E-state index contributed by atoms with van der Waals surface area (Å²) in [6.45, 7) is 3.43. The molecular weight excluding hydrogens is 372 g/mol. The Kier molecular flexibility index (Phi) is 5.93. The molecule has 3 nitrogen and oxygen atoms in total. The summed E-state index contributed by atoms with van der Waals surface area (Å²) in [5, 5.41) is 3.61. The van der Waals surface area contributed by atoms with E-state index in [1.165, 1.54) is 0 Å². The van der Waals surface area contributed by atoms with Crippen LogP contribution in [0.4, 0.5) is 0 Å². The lowest BCUT2D eigenvalue weighted by Crippen LogP contribution is -2.21. The second-order valence-electron chi connectivity index (χ2n) is 4.89. The fraction of sp³-hybridized carbons (Fsp3) is 0.333. The number of hydrogen-bond donors (Lipinski definition) is 0. The van der Waals surface area contributed by atoms with Crippen molar-refractivity contribution in [3.63, 3.8) is 0 Å². The quantitative estimate of drug-likeness (QED) is 0.681. The Bertz CT molecular complexity index is 644. The van der Waals surface area contributed by atoms with Crippen molar-refractivity contribution in [2.45, 2.75) is 19.9 Å². The van der Waals surface area contributed by atoms with Crippen LogP contribution in [0.15, 0.2) is 28.1 Å². The summed E-state index contributed by atoms with van der Waals surface area (Å²) in [4.78, 5) is 18.7. The third-order valence-electron chi connectivity index (χ3n) is 3.05. The molecule has 112 valence electrons. The zero-order valence-corrected chi connectivity index (χ0v) is 15.1. The Morgan fingerprint density at radius 2 is 2.24 bits per heavy atom. The number of carbonyl (C=O) groups is 1. The number of ketones is 1. The first-order valence-corrected chi connectivity index (χ1v) is 8.58. The molecule has 0 atom stereocenters. The normalized spacial score (nSPS) is 11.1. The number of carbonyl (C=O) groups excluding carboxylic acids is 1. The van der Waals surface area contributed by atoms with Crippen LogP contribution in [0.1, 0.15) is 27.5 Å². The zero-order valence-electron chi connectivity index (χ0n) is 11.9. The van der Waals surface area contributed by atoms with E-state index in [9.17, 15) is 4.79 Å². The number of aromatic nitrogens is 1. The minimum atomic E-state index is 0.0637. The predicted molar refractivity (Wildman–Crippen MR) is 91.3 cm³/mol. The summed E-state index contributed by atoms with van der Waals surface area (Å²) >= 11 is 11.1. The molecule has 0 unspecified atom stereocenters. The Morgan fingerprint density at radius 1 is 1.48 bits per heavy atom. The monoisotopic (exact) mass is 386 g/mol. The summed E-state index contributed by atoms with van der Waals surface area (Å²) in [7, 11) is 1.99. The highest BCUT2D eigenvalue weighted by Gasteiger charge is 2.12. The van der Waals surface area contributed by atoms with Gasteiger partial charge in [-0.2, -0.15) is 0 Å². The number of nitrogens with zero attached hydrogens (tertiary/aromatic N) is 2. The van der Waals surface area contributed by atoms with Crippen LogP contribution in [0.3, 0.4) is 0 Å². The van der Waals surface area contributed by atoms with Crippen LogP contribution in [0.2, 0.25) is 5.02 Å². The number of halogens is 2. The first-order valence-electron chi connectivity index (χ1n) is 6.53. The van der Waals surface area contributed by atoms with Crippen molar-refractivity contribution >= 4 is 44.7 Å². The van der Waals surface area contributed by atoms with E-state index < -0.39 is 0 Å². The van der Waals surface area contributed by atoms with Gasteiger partial charge in [0.25, 0.3) is 0 Å². The molecule has 6 heteroatoms. The van der Waals surface area contributed by atoms with Crippen molar-refractivity contribution in [1.29, 1.82) is 0 Å². The molecule has 0 bridgehead atoms. The number of aryl methyl sites for hydroxylation is 1. The average Bonchev–Trinajstić information content (AvgIpc) is 2.81. The molecule has 0 saturated heterocycles. The van der Waals surface area contributed by atoms with Gasteiger partial charge in [0, 0.05) is 34.9 Å². The van der Waals surface area contributed by atoms with Crippen LogP contribution in [-0.4, -0.2) is 29.3 Å². The minimum absolute atomic E-state index is 0.0637. The van der Waals surface area contributed by atoms with Gasteiger partial charge in [0.2, 0.25) is 0 Å². The Labute approximate surface area is 142 Å². The molecule has 0 saturated carbocycles. The van der Waals surface area contributed by atoms with E-state index in [-0.39, 0.29) is 5.78 Å². The van der Waals surface area contributed by atoms with Gasteiger partial charge in [0.05, 0.1) is 15.7 Å². The largest absolute Gasteiger partial charge is 0.300 e. The Balaban J connectivity index is 1.88. The maximum atomic E-state index is 12.2. The summed E-state index contributed by atoms with van der Waals surface area (Å²) < 4.78 is 0.875. The van der Waals surface area contributed by atoms with E-state index in [2.05, 4.69) is 31.2 Å². The first kappa shape index (κ1) is 16.6. The van der Waals surface area contributed by atoms with Crippen molar-refractivity contribution in [3.8, 4) is 0 Å². The maximum absolute atomic E-state index is 12.2. The molecule has 0 aliphatic rings. The van der Waals surface area contributed by atoms with Crippen LogP contribution in [0.25, 0.3) is 0 Å². The standard InChI is InChI=1S/C15H16BrClN2OS/c1-10-18-12(9-21-10)8-19(2)6-5-15(20)13-4-3-11(16)7-14(13)17/h3-4,7,9H,5-6,8H2,1-2H3. The third-order valence-corrected chi connectivity index (χ3v) is 4.68. The van der Waals surface area contributed by atoms with Crippen LogP contribution in [-0.2, 0) is 6.54 Å². The SMILES string of the molecule is Cc1nc(CN(C)CCC(=O)c2ccc(Br)cc2Cl)cs1. The topological polar surface area (TPSA) is 33.2 Å². The van der Waals surface area contributed by atoms with Crippen molar-refractivity contribution in [2.75, 3.05) is 13.6 Å². The highest BCUT2D eigenvalue weighted by Crippen LogP contribution is 2.22. The second kappa shape index (κ2) is 7.49. The molecule has 2 aromatic rings. The van der Waals surface area contributed by atoms with Gasteiger partial charge in [-0.3, -0.25) is 4.79 Å². The maximum Gasteiger partial charge on any atom is 0.165 e. The van der Waals surface area contributed by atoms with Crippen molar-refractivity contribution in [1.82, 2.24) is 9.88 Å². The van der Waals surface area contributed by atoms with Gasteiger partial charge in [0.15, 0.2) is 5.78 Å². The average molecular weight is 388 g/mol. The van der Waals surface area contributed by atoms with Gasteiger partial charge >= 0.3 is 0 Å². The lowest BCUT2D eigenvalue weighted by Gasteiger charge is -2.14. The van der Waals surface area contributed by atoms with Crippen molar-refractivity contribution < 1.29 is 4.79 Å². The molecule has 1 heterocycles. The van der Waals surface area contributed by atoms with E-state index in [0.717, 1.165) is 21.7 Å². The van der Waals surface area contributed by atoms with Gasteiger partial charge in [0.1, 0.15) is 0 Å². The molecule has 0 N–H and O–H groups in total. The summed E-state index contributed by atoms with van der Waals surface area (Å²) in [6.07, 6.45) is 0.445. The molecule has 0 fully saturated rings. The molecule has 1 aromatic heterocycles. The van der Waals surface area contributed by atoms with E-state index in [4.69, 9.17) is 11.6 Å². The molecular formula is C15H16BrClN2OS. The Morgan fingerprint density at radius 3 is 2.86 bits per heavy atom. The second-order valence-corrected chi connectivity index (χ2v) is 7.28. The first-order chi connectivity index (χ1) is 9.95. The van der Waals surface area contributed by atoms with E-state index in [1.807, 2.05) is 20.0 Å². The number of benzene rings is 1. The predicted octanol–water partition coefficient (Wildman–Crippen LogP) is 4.57. The highest BCUT2D eigenvalue weighted by molar-refractivity contribution is 9.10. The van der Waals surface area contributed by atoms with Gasteiger partial charge in [-0.15, -0.1) is 11.3 Å². The van der Waals surface area contributed by atoms with Gasteiger partial charge < -0.3 is 4.90 Å². The summed E-state index contributed by atoms with van der Waals surface area (Å²) in [5.41, 5.74) is 1.63. The van der Waals surface area contributed by atoms with E-state index in [0.29, 0.717) is 23.6 Å². The number of hydrogen-bond acceptors (Lipinski definition) is 4. The van der Waals surface area contributed by atoms with Gasteiger partial charge in [-0.25, -0.2) is 4.98 Å². The van der Waals surface area contributed by atoms with Crippen LogP contribution >= 0.6 is 38.9 Å². The summed E-state index contributed by atoms with van der Waals surface area (Å²) in [5.74, 6) is 0.0637. The van der Waals surface area contributed by atoms with Gasteiger partial charge in [-0.05, 0) is 32.2 Å². The molecule has 1 aromatic carbocycles. The summed E-state index contributed by atoms with van der Waals surface area (Å²) in [6, 6.07) is 5.34.